The first kappa shape index (κ1) is 25.7. The lowest BCUT2D eigenvalue weighted by Gasteiger charge is -2.42. The molecule has 0 saturated carbocycles. The van der Waals surface area contributed by atoms with E-state index in [1.807, 2.05) is 4.90 Å². The Kier molecular flexibility index (Phi) is 6.99. The molecule has 4 nitrogen and oxygen atoms in total. The van der Waals surface area contributed by atoms with Gasteiger partial charge < -0.3 is 14.6 Å². The maximum absolute atomic E-state index is 14.9. The van der Waals surface area contributed by atoms with Crippen molar-refractivity contribution in [1.82, 2.24) is 9.88 Å². The first-order chi connectivity index (χ1) is 17.7. The minimum absolute atomic E-state index is 0.120. The molecule has 37 heavy (non-hydrogen) atoms. The van der Waals surface area contributed by atoms with Gasteiger partial charge in [0.1, 0.15) is 19.7 Å². The number of carbonyl (C=O) groups is 1. The van der Waals surface area contributed by atoms with Crippen LogP contribution in [0.15, 0.2) is 36.4 Å². The standard InChI is InChI=1S/C30H34F2N2O2Si/c1-5-6-7-23-16-25-24-14-22(31)15-26(32)28(24)33-29(25)30(34(23)27(35)12-13-37(2,3)4)20-10-8-19(9-11-20)21-17-36-18-21/h8-11,14-15,21,23,30,33H,5-7,16-18H2,1-4H3/t23-,30-/m0/s1. The van der Waals surface area contributed by atoms with Gasteiger partial charge in [0.2, 0.25) is 0 Å². The van der Waals surface area contributed by atoms with Crippen LogP contribution in [-0.4, -0.2) is 43.1 Å². The molecule has 7 heteroatoms. The van der Waals surface area contributed by atoms with E-state index >= 15 is 0 Å². The van der Waals surface area contributed by atoms with Crippen LogP contribution in [-0.2, 0) is 16.0 Å². The number of H-pyrrole nitrogens is 1. The van der Waals surface area contributed by atoms with Gasteiger partial charge >= 0.3 is 0 Å². The summed E-state index contributed by atoms with van der Waals surface area (Å²) in [6.07, 6.45) is 3.27. The minimum atomic E-state index is -1.78. The number of nitrogens with one attached hydrogen (secondary N) is 1. The number of rotatable bonds is 5. The van der Waals surface area contributed by atoms with Crippen molar-refractivity contribution in [2.24, 2.45) is 0 Å². The molecule has 3 heterocycles. The van der Waals surface area contributed by atoms with Crippen LogP contribution in [0.4, 0.5) is 8.78 Å². The fourth-order valence-corrected chi connectivity index (χ4v) is 5.89. The van der Waals surface area contributed by atoms with Gasteiger partial charge in [0.05, 0.1) is 24.8 Å². The van der Waals surface area contributed by atoms with Crippen molar-refractivity contribution in [3.05, 3.63) is 70.4 Å². The number of unbranched alkanes of at least 4 members (excludes halogenated alkanes) is 1. The molecule has 1 saturated heterocycles. The van der Waals surface area contributed by atoms with Gasteiger partial charge in [-0.1, -0.05) is 63.7 Å². The van der Waals surface area contributed by atoms with Crippen molar-refractivity contribution in [3.8, 4) is 11.5 Å². The predicted molar refractivity (Wildman–Crippen MR) is 145 cm³/mol. The molecule has 2 aliphatic rings. The number of aromatic amines is 1. The summed E-state index contributed by atoms with van der Waals surface area (Å²) in [5.41, 5.74) is 7.29. The Morgan fingerprint density at radius 2 is 1.84 bits per heavy atom. The molecule has 1 fully saturated rings. The fourth-order valence-electron chi connectivity index (χ4n) is 5.41. The summed E-state index contributed by atoms with van der Waals surface area (Å²) in [6, 6.07) is 10.0. The molecule has 1 N–H and O–H groups in total. The molecule has 0 radical (unpaired) electrons. The zero-order chi connectivity index (χ0) is 26.3. The second kappa shape index (κ2) is 10.1. The highest BCUT2D eigenvalue weighted by molar-refractivity contribution is 6.84. The summed E-state index contributed by atoms with van der Waals surface area (Å²) in [6.45, 7) is 9.91. The lowest BCUT2D eigenvalue weighted by Crippen LogP contribution is -2.47. The number of aromatic nitrogens is 1. The van der Waals surface area contributed by atoms with E-state index in [2.05, 4.69) is 67.3 Å². The first-order valence-electron chi connectivity index (χ1n) is 13.2. The van der Waals surface area contributed by atoms with E-state index < -0.39 is 25.8 Å². The number of benzene rings is 2. The van der Waals surface area contributed by atoms with E-state index in [-0.39, 0.29) is 17.5 Å². The molecule has 3 aromatic rings. The summed E-state index contributed by atoms with van der Waals surface area (Å²) in [5, 5.41) is 0.558. The summed E-state index contributed by atoms with van der Waals surface area (Å²) in [5.74, 6) is 1.93. The predicted octanol–water partition coefficient (Wildman–Crippen LogP) is 6.47. The zero-order valence-corrected chi connectivity index (χ0v) is 23.0. The number of halogens is 2. The molecular weight excluding hydrogens is 486 g/mol. The van der Waals surface area contributed by atoms with Crippen LogP contribution in [0.3, 0.4) is 0 Å². The van der Waals surface area contributed by atoms with Crippen LogP contribution < -0.4 is 0 Å². The average Bonchev–Trinajstić information content (AvgIpc) is 3.18. The molecule has 1 amide bonds. The highest BCUT2D eigenvalue weighted by atomic mass is 28.3. The topological polar surface area (TPSA) is 45.3 Å². The minimum Gasteiger partial charge on any atom is -0.380 e. The van der Waals surface area contributed by atoms with Gasteiger partial charge in [-0.2, -0.15) is 0 Å². The number of nitrogens with zero attached hydrogens (tertiary/aromatic N) is 1. The van der Waals surface area contributed by atoms with Crippen LogP contribution in [0.5, 0.6) is 0 Å². The summed E-state index contributed by atoms with van der Waals surface area (Å²) >= 11 is 0. The van der Waals surface area contributed by atoms with E-state index in [1.165, 1.54) is 11.6 Å². The van der Waals surface area contributed by atoms with Crippen molar-refractivity contribution >= 4 is 24.9 Å². The van der Waals surface area contributed by atoms with Crippen molar-refractivity contribution in [3.63, 3.8) is 0 Å². The van der Waals surface area contributed by atoms with Gasteiger partial charge in [-0.05, 0) is 41.5 Å². The second-order valence-electron chi connectivity index (χ2n) is 11.3. The molecule has 0 bridgehead atoms. The number of hydrogen-bond donors (Lipinski definition) is 1. The molecular formula is C30H34F2N2O2Si. The van der Waals surface area contributed by atoms with E-state index in [4.69, 9.17) is 4.74 Å². The normalized spacial score (nSPS) is 19.8. The SMILES string of the molecule is CCCC[C@H]1Cc2c([nH]c3c(F)cc(F)cc23)[C@H](c2ccc(C3COC3)cc2)N1C(=O)C#C[Si](C)(C)C. The Morgan fingerprint density at radius 3 is 2.46 bits per heavy atom. The summed E-state index contributed by atoms with van der Waals surface area (Å²) < 4.78 is 34.5. The first-order valence-corrected chi connectivity index (χ1v) is 16.7. The van der Waals surface area contributed by atoms with E-state index in [1.54, 1.807) is 0 Å². The van der Waals surface area contributed by atoms with Crippen LogP contribution in [0.1, 0.15) is 60.5 Å². The van der Waals surface area contributed by atoms with Crippen LogP contribution in [0.2, 0.25) is 19.6 Å². The molecule has 0 spiro atoms. The number of fused-ring (bicyclic) bond motifs is 3. The van der Waals surface area contributed by atoms with Crippen molar-refractivity contribution < 1.29 is 18.3 Å². The van der Waals surface area contributed by atoms with Gasteiger partial charge in [0.25, 0.3) is 5.91 Å². The van der Waals surface area contributed by atoms with Crippen molar-refractivity contribution in [1.29, 1.82) is 0 Å². The Hall–Kier alpha value is -2.95. The van der Waals surface area contributed by atoms with Gasteiger partial charge in [0.15, 0.2) is 0 Å². The molecule has 0 unspecified atom stereocenters. The zero-order valence-electron chi connectivity index (χ0n) is 22.0. The Labute approximate surface area is 218 Å². The maximum Gasteiger partial charge on any atom is 0.298 e. The third-order valence-corrected chi connectivity index (χ3v) is 8.26. The van der Waals surface area contributed by atoms with E-state index in [0.717, 1.165) is 55.4 Å². The smallest absolute Gasteiger partial charge is 0.298 e. The van der Waals surface area contributed by atoms with Gasteiger partial charge in [0, 0.05) is 29.1 Å². The molecule has 194 valence electrons. The monoisotopic (exact) mass is 520 g/mol. The van der Waals surface area contributed by atoms with Crippen LogP contribution in [0, 0.1) is 23.1 Å². The number of carbonyl (C=O) groups excluding carboxylic acids is 1. The lowest BCUT2D eigenvalue weighted by atomic mass is 9.85. The highest BCUT2D eigenvalue weighted by Crippen LogP contribution is 2.43. The quantitative estimate of drug-likeness (QED) is 0.309. The molecule has 5 rings (SSSR count). The van der Waals surface area contributed by atoms with Crippen LogP contribution >= 0.6 is 0 Å². The highest BCUT2D eigenvalue weighted by Gasteiger charge is 2.40. The number of amides is 1. The fraction of sp³-hybridized carbons (Fsp3) is 0.433. The number of hydrogen-bond acceptors (Lipinski definition) is 2. The Morgan fingerprint density at radius 1 is 1.14 bits per heavy atom. The molecule has 1 aromatic heterocycles. The molecule has 2 atom stereocenters. The third-order valence-electron chi connectivity index (χ3n) is 7.38. The average molecular weight is 521 g/mol. The van der Waals surface area contributed by atoms with E-state index in [9.17, 15) is 13.6 Å². The Bertz CT molecular complexity index is 1380. The van der Waals surface area contributed by atoms with Crippen molar-refractivity contribution in [2.45, 2.75) is 70.2 Å². The van der Waals surface area contributed by atoms with E-state index in [0.29, 0.717) is 17.7 Å². The van der Waals surface area contributed by atoms with Gasteiger partial charge in [-0.15, -0.1) is 5.54 Å². The third kappa shape index (κ3) is 5.10. The Balaban J connectivity index is 1.68. The molecule has 2 aromatic carbocycles. The second-order valence-corrected chi connectivity index (χ2v) is 16.1. The maximum atomic E-state index is 14.9. The van der Waals surface area contributed by atoms with Gasteiger partial charge in [-0.3, -0.25) is 4.79 Å². The number of ether oxygens (including phenoxy) is 1. The molecule has 2 aliphatic heterocycles. The largest absolute Gasteiger partial charge is 0.380 e. The summed E-state index contributed by atoms with van der Waals surface area (Å²) in [4.78, 5) is 18.9. The molecule has 0 aliphatic carbocycles. The summed E-state index contributed by atoms with van der Waals surface area (Å²) in [7, 11) is -1.78. The van der Waals surface area contributed by atoms with Gasteiger partial charge in [-0.25, -0.2) is 8.78 Å². The van der Waals surface area contributed by atoms with Crippen molar-refractivity contribution in [2.75, 3.05) is 13.2 Å². The lowest BCUT2D eigenvalue weighted by molar-refractivity contribution is -0.130. The van der Waals surface area contributed by atoms with Crippen LogP contribution in [0.25, 0.3) is 10.9 Å².